The van der Waals surface area contributed by atoms with Crippen LogP contribution in [0.5, 0.6) is 0 Å². The topological polar surface area (TPSA) is 143 Å². The molecule has 39 heavy (non-hydrogen) atoms. The highest BCUT2D eigenvalue weighted by atomic mass is 35.5. The summed E-state index contributed by atoms with van der Waals surface area (Å²) in [5.74, 6) is -2.71. The summed E-state index contributed by atoms with van der Waals surface area (Å²) in [6.45, 7) is 1.25. The summed E-state index contributed by atoms with van der Waals surface area (Å²) in [5.41, 5.74) is 1.08. The van der Waals surface area contributed by atoms with E-state index >= 15 is 0 Å². The first-order valence-electron chi connectivity index (χ1n) is 10.9. The Morgan fingerprint density at radius 2 is 1.85 bits per heavy atom. The number of aryl methyl sites for hydroxylation is 1. The van der Waals surface area contributed by atoms with Crippen LogP contribution in [0.15, 0.2) is 36.4 Å². The van der Waals surface area contributed by atoms with Gasteiger partial charge in [-0.2, -0.15) is 28.3 Å². The lowest BCUT2D eigenvalue weighted by atomic mass is 10.0. The van der Waals surface area contributed by atoms with Crippen LogP contribution in [0.2, 0.25) is 10.0 Å². The standard InChI is InChI=1S/C23H16Cl2F3N9O2/c1-11-5-12(9-29)6-15(20(38)30-2)19(11)31-21(39)18-8-14(10-36-34-22(32-35-36)23(26,27)28)33-37(18)17-4-3-13(24)7-16(17)25/h3-8H,10H2,1-2H3,(H,30,38)(H,31,39). The number of alkyl halides is 3. The number of tetrazole rings is 1. The van der Waals surface area contributed by atoms with Crippen molar-refractivity contribution in [2.75, 3.05) is 12.4 Å². The van der Waals surface area contributed by atoms with Gasteiger partial charge in [0.1, 0.15) is 12.2 Å². The molecule has 4 aromatic rings. The van der Waals surface area contributed by atoms with Gasteiger partial charge < -0.3 is 10.6 Å². The van der Waals surface area contributed by atoms with Gasteiger partial charge in [0, 0.05) is 12.1 Å². The summed E-state index contributed by atoms with van der Waals surface area (Å²) in [6.07, 6.45) is -4.79. The van der Waals surface area contributed by atoms with Crippen LogP contribution in [0.3, 0.4) is 0 Å². The van der Waals surface area contributed by atoms with Crippen molar-refractivity contribution in [3.05, 3.63) is 80.3 Å². The number of amides is 2. The fourth-order valence-corrected chi connectivity index (χ4v) is 4.07. The Kier molecular flexibility index (Phi) is 7.57. The van der Waals surface area contributed by atoms with E-state index in [0.29, 0.717) is 15.4 Å². The number of aromatic nitrogens is 6. The van der Waals surface area contributed by atoms with Crippen molar-refractivity contribution in [2.24, 2.45) is 0 Å². The highest BCUT2D eigenvalue weighted by Gasteiger charge is 2.37. The maximum Gasteiger partial charge on any atom is 0.455 e. The van der Waals surface area contributed by atoms with Crippen LogP contribution >= 0.6 is 23.2 Å². The lowest BCUT2D eigenvalue weighted by Gasteiger charge is -2.15. The molecule has 0 aliphatic rings. The molecule has 4 rings (SSSR count). The number of anilines is 1. The van der Waals surface area contributed by atoms with Crippen molar-refractivity contribution >= 4 is 40.7 Å². The van der Waals surface area contributed by atoms with Gasteiger partial charge in [-0.15, -0.1) is 10.2 Å². The fraction of sp³-hybridized carbons (Fsp3) is 0.174. The predicted octanol–water partition coefficient (Wildman–Crippen LogP) is 4.02. The molecule has 11 nitrogen and oxygen atoms in total. The molecule has 0 spiro atoms. The van der Waals surface area contributed by atoms with Crippen molar-refractivity contribution < 1.29 is 22.8 Å². The van der Waals surface area contributed by atoms with E-state index < -0.39 is 23.8 Å². The molecule has 0 aliphatic carbocycles. The molecule has 0 saturated heterocycles. The number of halogens is 5. The number of hydrogen-bond donors (Lipinski definition) is 2. The number of carbonyl (C=O) groups excluding carboxylic acids is 2. The average Bonchev–Trinajstić information content (AvgIpc) is 3.52. The van der Waals surface area contributed by atoms with E-state index in [0.717, 1.165) is 0 Å². The number of benzene rings is 2. The second-order valence-electron chi connectivity index (χ2n) is 8.03. The van der Waals surface area contributed by atoms with Gasteiger partial charge in [-0.3, -0.25) is 9.59 Å². The number of nitrogens with zero attached hydrogens (tertiary/aromatic N) is 7. The summed E-state index contributed by atoms with van der Waals surface area (Å²) in [4.78, 5) is 26.7. The van der Waals surface area contributed by atoms with Crippen molar-refractivity contribution in [1.29, 1.82) is 5.26 Å². The Morgan fingerprint density at radius 3 is 2.46 bits per heavy atom. The molecule has 0 atom stereocenters. The normalized spacial score (nSPS) is 11.2. The van der Waals surface area contributed by atoms with E-state index in [1.807, 2.05) is 6.07 Å². The summed E-state index contributed by atoms with van der Waals surface area (Å²) in [6, 6.07) is 10.5. The van der Waals surface area contributed by atoms with Crippen LogP contribution in [-0.4, -0.2) is 48.8 Å². The lowest BCUT2D eigenvalue weighted by molar-refractivity contribution is -0.145. The van der Waals surface area contributed by atoms with Crippen molar-refractivity contribution in [1.82, 2.24) is 35.3 Å². The maximum atomic E-state index is 13.5. The van der Waals surface area contributed by atoms with Gasteiger partial charge in [-0.1, -0.05) is 23.2 Å². The molecule has 0 fully saturated rings. The van der Waals surface area contributed by atoms with Gasteiger partial charge in [0.15, 0.2) is 0 Å². The maximum absolute atomic E-state index is 13.5. The van der Waals surface area contributed by atoms with Crippen LogP contribution in [0.1, 0.15) is 43.5 Å². The van der Waals surface area contributed by atoms with E-state index in [2.05, 4.69) is 31.1 Å². The van der Waals surface area contributed by atoms with Crippen LogP contribution in [0, 0.1) is 18.3 Å². The molecular weight excluding hydrogens is 562 g/mol. The highest BCUT2D eigenvalue weighted by Crippen LogP contribution is 2.28. The number of rotatable bonds is 6. The molecule has 2 aromatic heterocycles. The van der Waals surface area contributed by atoms with Gasteiger partial charge in [0.25, 0.3) is 17.6 Å². The third-order valence-electron chi connectivity index (χ3n) is 5.32. The minimum Gasteiger partial charge on any atom is -0.355 e. The summed E-state index contributed by atoms with van der Waals surface area (Å²) >= 11 is 12.3. The minimum atomic E-state index is -4.79. The lowest BCUT2D eigenvalue weighted by Crippen LogP contribution is -2.23. The van der Waals surface area contributed by atoms with Gasteiger partial charge in [-0.05, 0) is 54.1 Å². The number of nitrogens with one attached hydrogen (secondary N) is 2. The SMILES string of the molecule is CNC(=O)c1cc(C#N)cc(C)c1NC(=O)c1cc(Cn2nnc(C(F)(F)F)n2)nn1-c1ccc(Cl)cc1Cl. The Hall–Kier alpha value is -4.48. The first kappa shape index (κ1) is 27.6. The number of carbonyl (C=O) groups is 2. The number of hydrogen-bond acceptors (Lipinski definition) is 7. The monoisotopic (exact) mass is 577 g/mol. The van der Waals surface area contributed by atoms with E-state index in [-0.39, 0.29) is 45.5 Å². The minimum absolute atomic E-state index is 0.0460. The molecule has 2 heterocycles. The second kappa shape index (κ2) is 10.7. The Labute approximate surface area is 228 Å². The van der Waals surface area contributed by atoms with Gasteiger partial charge in [0.05, 0.1) is 39.3 Å². The highest BCUT2D eigenvalue weighted by molar-refractivity contribution is 6.35. The summed E-state index contributed by atoms with van der Waals surface area (Å²) in [7, 11) is 1.40. The first-order chi connectivity index (χ1) is 18.4. The zero-order valence-corrected chi connectivity index (χ0v) is 21.5. The number of nitriles is 1. The Morgan fingerprint density at radius 1 is 1.10 bits per heavy atom. The third-order valence-corrected chi connectivity index (χ3v) is 5.85. The largest absolute Gasteiger partial charge is 0.455 e. The van der Waals surface area contributed by atoms with E-state index in [4.69, 9.17) is 23.2 Å². The van der Waals surface area contributed by atoms with Gasteiger partial charge in [-0.25, -0.2) is 4.68 Å². The molecule has 0 bridgehead atoms. The van der Waals surface area contributed by atoms with Gasteiger partial charge >= 0.3 is 6.18 Å². The zero-order chi connectivity index (χ0) is 28.5. The molecule has 2 aromatic carbocycles. The van der Waals surface area contributed by atoms with E-state index in [1.165, 1.54) is 48.1 Å². The molecule has 2 N–H and O–H groups in total. The summed E-state index contributed by atoms with van der Waals surface area (Å²) < 4.78 is 39.8. The smallest absolute Gasteiger partial charge is 0.355 e. The van der Waals surface area contributed by atoms with Crippen molar-refractivity contribution in [3.8, 4) is 11.8 Å². The van der Waals surface area contributed by atoms with E-state index in [9.17, 15) is 28.0 Å². The zero-order valence-electron chi connectivity index (χ0n) is 20.0. The molecule has 0 radical (unpaired) electrons. The van der Waals surface area contributed by atoms with E-state index in [1.54, 1.807) is 6.92 Å². The Bertz CT molecular complexity index is 1640. The van der Waals surface area contributed by atoms with Crippen LogP contribution in [-0.2, 0) is 12.7 Å². The van der Waals surface area contributed by atoms with Crippen LogP contribution in [0.4, 0.5) is 18.9 Å². The molecule has 200 valence electrons. The molecule has 16 heteroatoms. The molecule has 0 aliphatic heterocycles. The van der Waals surface area contributed by atoms with Crippen molar-refractivity contribution in [2.45, 2.75) is 19.6 Å². The molecule has 0 unspecified atom stereocenters. The fourth-order valence-electron chi connectivity index (χ4n) is 3.58. The van der Waals surface area contributed by atoms with Crippen LogP contribution < -0.4 is 10.6 Å². The third kappa shape index (κ3) is 5.84. The van der Waals surface area contributed by atoms with Crippen LogP contribution in [0.25, 0.3) is 5.69 Å². The summed E-state index contributed by atoms with van der Waals surface area (Å²) in [5, 5.41) is 28.9. The quantitative estimate of drug-likeness (QED) is 0.352. The predicted molar refractivity (Wildman–Crippen MR) is 133 cm³/mol. The first-order valence-corrected chi connectivity index (χ1v) is 11.6. The van der Waals surface area contributed by atoms with Gasteiger partial charge in [0.2, 0.25) is 0 Å². The van der Waals surface area contributed by atoms with Crippen molar-refractivity contribution in [3.63, 3.8) is 0 Å². The molecule has 0 saturated carbocycles. The molecular formula is C23H16Cl2F3N9O2. The Balaban J connectivity index is 1.78. The molecule has 2 amide bonds. The second-order valence-corrected chi connectivity index (χ2v) is 8.87. The average molecular weight is 578 g/mol.